The van der Waals surface area contributed by atoms with Crippen molar-refractivity contribution < 1.29 is 22.7 Å². The molecule has 5 heterocycles. The highest BCUT2D eigenvalue weighted by Gasteiger charge is 2.38. The zero-order valence-corrected chi connectivity index (χ0v) is 26.7. The predicted octanol–water partition coefficient (Wildman–Crippen LogP) is 5.80. The minimum atomic E-state index is -3.49. The molecule has 2 unspecified atom stereocenters. The van der Waals surface area contributed by atoms with Crippen LogP contribution >= 0.6 is 11.6 Å². The lowest BCUT2D eigenvalue weighted by Crippen LogP contribution is -2.49. The zero-order valence-electron chi connectivity index (χ0n) is 24.2. The number of piperidine rings is 1. The van der Waals surface area contributed by atoms with Crippen LogP contribution in [0.1, 0.15) is 35.7 Å². The molecule has 3 aromatic rings. The summed E-state index contributed by atoms with van der Waals surface area (Å²) in [5.41, 5.74) is 3.98. The number of nitrogens with one attached hydrogen (secondary N) is 1. The minimum Gasteiger partial charge on any atom is -0.490 e. The first-order chi connectivity index (χ1) is 20.0. The van der Waals surface area contributed by atoms with Gasteiger partial charge in [0, 0.05) is 49.2 Å². The Hall–Kier alpha value is -2.97. The van der Waals surface area contributed by atoms with Gasteiger partial charge < -0.3 is 14.5 Å². The number of aromatic amines is 1. The number of aromatic nitrogens is 1. The Bertz CT molecular complexity index is 1670. The maximum Gasteiger partial charge on any atom is 0.411 e. The summed E-state index contributed by atoms with van der Waals surface area (Å²) in [6.07, 6.45) is 1.04. The Morgan fingerprint density at radius 2 is 1.90 bits per heavy atom. The summed E-state index contributed by atoms with van der Waals surface area (Å²) in [6.45, 7) is 7.21. The monoisotopic (exact) mass is 625 g/mol. The van der Waals surface area contributed by atoms with E-state index in [9.17, 15) is 13.2 Å². The molecule has 0 aliphatic carbocycles. The molecule has 8 nitrogen and oxygen atoms in total. The van der Waals surface area contributed by atoms with Gasteiger partial charge in [-0.2, -0.15) is 4.31 Å². The average Bonchev–Trinajstić information content (AvgIpc) is 3.31. The summed E-state index contributed by atoms with van der Waals surface area (Å²) in [7, 11) is -5.03. The molecule has 1 saturated heterocycles. The van der Waals surface area contributed by atoms with E-state index in [1.165, 1.54) is 4.31 Å². The van der Waals surface area contributed by atoms with E-state index in [0.29, 0.717) is 49.2 Å². The number of ether oxygens (including phenoxy) is 2. The van der Waals surface area contributed by atoms with Crippen LogP contribution in [-0.2, 0) is 21.2 Å². The molecule has 1 N–H and O–H groups in total. The molecule has 4 aliphatic heterocycles. The van der Waals surface area contributed by atoms with Crippen LogP contribution < -0.4 is 4.74 Å². The molecule has 7 rings (SSSR count). The van der Waals surface area contributed by atoms with Gasteiger partial charge in [-0.05, 0) is 60.3 Å². The second-order valence-corrected chi connectivity index (χ2v) is 20.6. The van der Waals surface area contributed by atoms with Gasteiger partial charge in [0.05, 0.1) is 11.8 Å². The van der Waals surface area contributed by atoms with Crippen LogP contribution in [0.15, 0.2) is 42.5 Å². The average molecular weight is 626 g/mol. The molecule has 4 aliphatic rings. The number of hydrogen-bond acceptors (Lipinski definition) is 5. The molecule has 222 valence electrons. The van der Waals surface area contributed by atoms with Gasteiger partial charge in [-0.1, -0.05) is 55.2 Å². The number of amides is 1. The highest BCUT2D eigenvalue weighted by molar-refractivity contribution is 7.89. The quantitative estimate of drug-likeness (QED) is 0.292. The molecule has 2 aromatic carbocycles. The number of H-pyrrole nitrogens is 1. The van der Waals surface area contributed by atoms with E-state index in [-0.39, 0.29) is 24.5 Å². The third-order valence-corrected chi connectivity index (χ3v) is 12.6. The highest BCUT2D eigenvalue weighted by atomic mass is 35.5. The van der Waals surface area contributed by atoms with E-state index in [0.717, 1.165) is 27.7 Å². The fourth-order valence-electron chi connectivity index (χ4n) is 6.10. The van der Waals surface area contributed by atoms with E-state index in [1.54, 1.807) is 4.90 Å². The Balaban J connectivity index is 1.32. The molecule has 11 heteroatoms. The van der Waals surface area contributed by atoms with Crippen molar-refractivity contribution in [2.45, 2.75) is 63.1 Å². The molecular formula is C31H36ClN3O5SSi. The van der Waals surface area contributed by atoms with Gasteiger partial charge in [0.25, 0.3) is 0 Å². The second-order valence-electron chi connectivity index (χ2n) is 12.5. The van der Waals surface area contributed by atoms with Gasteiger partial charge in [0.15, 0.2) is 6.61 Å². The summed E-state index contributed by atoms with van der Waals surface area (Å²) >= 11 is 6.32. The fourth-order valence-corrected chi connectivity index (χ4v) is 10.9. The third kappa shape index (κ3) is 5.93. The Kier molecular flexibility index (Phi) is 7.81. The Labute approximate surface area is 253 Å². The van der Waals surface area contributed by atoms with Crippen molar-refractivity contribution >= 4 is 46.7 Å². The van der Waals surface area contributed by atoms with E-state index in [2.05, 4.69) is 36.5 Å². The summed E-state index contributed by atoms with van der Waals surface area (Å²) in [6, 6.07) is 13.4. The van der Waals surface area contributed by atoms with Gasteiger partial charge in [-0.15, -0.1) is 0 Å². The summed E-state index contributed by atoms with van der Waals surface area (Å²) in [4.78, 5) is 18.7. The zero-order chi connectivity index (χ0) is 29.6. The van der Waals surface area contributed by atoms with E-state index in [4.69, 9.17) is 21.1 Å². The number of rotatable bonds is 4. The standard InChI is InChI=1S/C31H36ClN3O5SSi/c1-42(2,3)18-17-41(37,38)35-15-12-25-20-23(35)5-4-16-39-31(36)34-14-13-26-27-19-22(32)8-11-28(27)33-29(26)30(34)21-6-9-24(40-25)10-7-21/h6-11,19,23,25,30,33H,12-18,20H2,1-3H3/t23?,25?,30-/m0/s1. The summed E-state index contributed by atoms with van der Waals surface area (Å²) in [5, 5.41) is 1.73. The van der Waals surface area contributed by atoms with Crippen molar-refractivity contribution in [1.29, 1.82) is 0 Å². The van der Waals surface area contributed by atoms with Crippen molar-refractivity contribution in [1.82, 2.24) is 14.2 Å². The molecule has 42 heavy (non-hydrogen) atoms. The first-order valence-corrected chi connectivity index (χ1v) is 20.2. The molecular weight excluding hydrogens is 590 g/mol. The molecule has 3 atom stereocenters. The normalized spacial score (nSPS) is 23.1. The molecule has 4 bridgehead atoms. The minimum absolute atomic E-state index is 0.125. The van der Waals surface area contributed by atoms with Crippen molar-refractivity contribution in [3.8, 4) is 17.6 Å². The van der Waals surface area contributed by atoms with E-state index >= 15 is 0 Å². The topological polar surface area (TPSA) is 91.9 Å². The molecule has 1 fully saturated rings. The van der Waals surface area contributed by atoms with Crippen LogP contribution in [0, 0.1) is 11.8 Å². The van der Waals surface area contributed by atoms with E-state index < -0.39 is 30.2 Å². The number of nitrogens with zero attached hydrogens (tertiary/aromatic N) is 2. The van der Waals surface area contributed by atoms with Crippen molar-refractivity contribution in [2.24, 2.45) is 0 Å². The Morgan fingerprint density at radius 3 is 2.67 bits per heavy atom. The maximum absolute atomic E-state index is 13.5. The summed E-state index contributed by atoms with van der Waals surface area (Å²) in [5.74, 6) is 6.90. The van der Waals surface area contributed by atoms with Crippen molar-refractivity contribution in [3.05, 3.63) is 64.3 Å². The first-order valence-electron chi connectivity index (χ1n) is 14.5. The number of benzene rings is 2. The lowest BCUT2D eigenvalue weighted by atomic mass is 9.92. The second kappa shape index (κ2) is 11.3. The SMILES string of the molecule is C[Si](C)(C)CCS(=O)(=O)N1CCC2CC1C#CCOC(=O)N1CCc3c([nH]c4ccc(Cl)cc34)[C@@H]1c1ccc(cc1)O2. The van der Waals surface area contributed by atoms with Crippen LogP contribution in [0.2, 0.25) is 30.7 Å². The largest absolute Gasteiger partial charge is 0.490 e. The summed E-state index contributed by atoms with van der Waals surface area (Å²) < 4.78 is 40.3. The Morgan fingerprint density at radius 1 is 1.12 bits per heavy atom. The number of hydrogen-bond donors (Lipinski definition) is 1. The van der Waals surface area contributed by atoms with Crippen molar-refractivity contribution in [3.63, 3.8) is 0 Å². The number of carbonyl (C=O) groups excluding carboxylic acids is 1. The van der Waals surface area contributed by atoms with Gasteiger partial charge in [-0.25, -0.2) is 13.2 Å². The van der Waals surface area contributed by atoms with Gasteiger partial charge in [0.2, 0.25) is 10.0 Å². The molecule has 0 radical (unpaired) electrons. The smallest absolute Gasteiger partial charge is 0.411 e. The predicted molar refractivity (Wildman–Crippen MR) is 167 cm³/mol. The molecule has 0 spiro atoms. The highest BCUT2D eigenvalue weighted by Crippen LogP contribution is 2.40. The number of sulfonamides is 1. The number of halogens is 1. The third-order valence-electron chi connectivity index (χ3n) is 8.33. The molecule has 0 saturated carbocycles. The number of fused-ring (bicyclic) bond motifs is 8. The van der Waals surface area contributed by atoms with Gasteiger partial charge in [-0.3, -0.25) is 4.90 Å². The number of carbonyl (C=O) groups is 1. The van der Waals surface area contributed by atoms with Gasteiger partial charge >= 0.3 is 6.09 Å². The fraction of sp³-hybridized carbons (Fsp3) is 0.452. The van der Waals surface area contributed by atoms with E-state index in [1.807, 2.05) is 42.5 Å². The van der Waals surface area contributed by atoms with Crippen LogP contribution in [0.4, 0.5) is 4.79 Å². The van der Waals surface area contributed by atoms with Crippen LogP contribution in [0.25, 0.3) is 10.9 Å². The lowest BCUT2D eigenvalue weighted by Gasteiger charge is -2.36. The lowest BCUT2D eigenvalue weighted by molar-refractivity contribution is 0.0992. The van der Waals surface area contributed by atoms with Crippen molar-refractivity contribution in [2.75, 3.05) is 25.4 Å². The maximum atomic E-state index is 13.5. The first kappa shape index (κ1) is 29.1. The molecule has 1 aromatic heterocycles. The van der Waals surface area contributed by atoms with Gasteiger partial charge in [0.1, 0.15) is 17.9 Å². The van der Waals surface area contributed by atoms with Crippen LogP contribution in [0.3, 0.4) is 0 Å². The van der Waals surface area contributed by atoms with Crippen LogP contribution in [-0.4, -0.2) is 74.4 Å². The van der Waals surface area contributed by atoms with Crippen LogP contribution in [0.5, 0.6) is 5.75 Å². The molecule has 1 amide bonds.